The summed E-state index contributed by atoms with van der Waals surface area (Å²) < 4.78 is 12.5. The van der Waals surface area contributed by atoms with Crippen molar-refractivity contribution >= 4 is 38.5 Å². The van der Waals surface area contributed by atoms with Crippen LogP contribution in [0.15, 0.2) is 80.4 Å². The van der Waals surface area contributed by atoms with Crippen LogP contribution in [-0.4, -0.2) is 12.5 Å². The standard InChI is InChI=1S/C27H22BrNO4/c1-3-16-8-11-19(12-9-16)29-24(17-6-5-7-20(14-17)32-4-2)23-25(30)21-15-18(28)10-13-22(21)33-26(23)27(29)31/h5-15,24H,3-4H2,1-2H3. The molecule has 6 heteroatoms. The van der Waals surface area contributed by atoms with E-state index in [1.807, 2.05) is 55.5 Å². The minimum absolute atomic E-state index is 0.0844. The maximum atomic E-state index is 13.7. The molecule has 0 radical (unpaired) electrons. The molecule has 0 saturated carbocycles. The number of benzene rings is 3. The van der Waals surface area contributed by atoms with Crippen molar-refractivity contribution in [3.05, 3.63) is 104 Å². The molecule has 4 aromatic rings. The highest BCUT2D eigenvalue weighted by atomic mass is 79.9. The van der Waals surface area contributed by atoms with Crippen molar-refractivity contribution in [2.75, 3.05) is 11.5 Å². The fraction of sp³-hybridized carbons (Fsp3) is 0.185. The van der Waals surface area contributed by atoms with Gasteiger partial charge in [-0.1, -0.05) is 47.1 Å². The van der Waals surface area contributed by atoms with Gasteiger partial charge in [-0.3, -0.25) is 14.5 Å². The molecule has 33 heavy (non-hydrogen) atoms. The van der Waals surface area contributed by atoms with Crippen molar-refractivity contribution < 1.29 is 13.9 Å². The third-order valence-corrected chi connectivity index (χ3v) is 6.43. The van der Waals surface area contributed by atoms with Crippen molar-refractivity contribution in [3.8, 4) is 5.75 Å². The molecule has 2 heterocycles. The molecule has 1 aliphatic heterocycles. The van der Waals surface area contributed by atoms with Crippen LogP contribution in [0.4, 0.5) is 5.69 Å². The maximum absolute atomic E-state index is 13.7. The molecule has 1 amide bonds. The fourth-order valence-electron chi connectivity index (χ4n) is 4.36. The molecule has 1 atom stereocenters. The van der Waals surface area contributed by atoms with Gasteiger partial charge in [-0.25, -0.2) is 0 Å². The Balaban J connectivity index is 1.77. The number of halogens is 1. The maximum Gasteiger partial charge on any atom is 0.295 e. The summed E-state index contributed by atoms with van der Waals surface area (Å²) in [4.78, 5) is 29.0. The smallest absolute Gasteiger partial charge is 0.295 e. The molecule has 0 bridgehead atoms. The van der Waals surface area contributed by atoms with Gasteiger partial charge in [0.1, 0.15) is 11.3 Å². The van der Waals surface area contributed by atoms with Gasteiger partial charge in [-0.05, 0) is 66.9 Å². The molecule has 0 saturated heterocycles. The second-order valence-corrected chi connectivity index (χ2v) is 8.83. The van der Waals surface area contributed by atoms with Crippen molar-refractivity contribution in [3.63, 3.8) is 0 Å². The quantitative estimate of drug-likeness (QED) is 0.322. The van der Waals surface area contributed by atoms with Crippen LogP contribution in [0.5, 0.6) is 5.75 Å². The molecular formula is C27H22BrNO4. The lowest BCUT2D eigenvalue weighted by Crippen LogP contribution is -2.29. The highest BCUT2D eigenvalue weighted by Crippen LogP contribution is 2.42. The van der Waals surface area contributed by atoms with Crippen LogP contribution in [0, 0.1) is 0 Å². The first-order chi connectivity index (χ1) is 16.0. The lowest BCUT2D eigenvalue weighted by Gasteiger charge is -2.25. The average molecular weight is 504 g/mol. The van der Waals surface area contributed by atoms with Gasteiger partial charge in [0.15, 0.2) is 5.43 Å². The Hall–Kier alpha value is -3.38. The van der Waals surface area contributed by atoms with Crippen molar-refractivity contribution in [1.82, 2.24) is 0 Å². The van der Waals surface area contributed by atoms with Crippen LogP contribution >= 0.6 is 15.9 Å². The Kier molecular flexibility index (Phi) is 5.54. The van der Waals surface area contributed by atoms with E-state index in [9.17, 15) is 9.59 Å². The summed E-state index contributed by atoms with van der Waals surface area (Å²) in [6.45, 7) is 4.52. The number of hydrogen-bond donors (Lipinski definition) is 0. The first-order valence-electron chi connectivity index (χ1n) is 10.9. The van der Waals surface area contributed by atoms with Gasteiger partial charge < -0.3 is 9.15 Å². The molecule has 5 rings (SSSR count). The normalized spacial score (nSPS) is 15.2. The van der Waals surface area contributed by atoms with Crippen molar-refractivity contribution in [2.24, 2.45) is 0 Å². The van der Waals surface area contributed by atoms with Gasteiger partial charge in [0.25, 0.3) is 5.91 Å². The number of nitrogens with zero attached hydrogens (tertiary/aromatic N) is 1. The molecule has 1 aromatic heterocycles. The molecular weight excluding hydrogens is 482 g/mol. The molecule has 1 unspecified atom stereocenters. The lowest BCUT2D eigenvalue weighted by molar-refractivity contribution is 0.0971. The SMILES string of the molecule is CCOc1cccc(C2c3c(oc4ccc(Br)cc4c3=O)C(=O)N2c2ccc(CC)cc2)c1. The highest BCUT2D eigenvalue weighted by Gasteiger charge is 2.43. The second kappa shape index (κ2) is 8.52. The first-order valence-corrected chi connectivity index (χ1v) is 11.7. The lowest BCUT2D eigenvalue weighted by atomic mass is 9.98. The van der Waals surface area contributed by atoms with Crippen LogP contribution in [0.1, 0.15) is 47.1 Å². The summed E-state index contributed by atoms with van der Waals surface area (Å²) in [5.74, 6) is 0.439. The van der Waals surface area contributed by atoms with Gasteiger partial charge in [0, 0.05) is 10.2 Å². The Morgan fingerprint density at radius 3 is 2.52 bits per heavy atom. The summed E-state index contributed by atoms with van der Waals surface area (Å²) in [5, 5.41) is 0.435. The largest absolute Gasteiger partial charge is 0.494 e. The zero-order valence-corrected chi connectivity index (χ0v) is 19.9. The summed E-state index contributed by atoms with van der Waals surface area (Å²) in [6, 6.07) is 20.0. The number of hydrogen-bond acceptors (Lipinski definition) is 4. The van der Waals surface area contributed by atoms with E-state index in [0.717, 1.165) is 16.5 Å². The third-order valence-electron chi connectivity index (χ3n) is 5.94. The average Bonchev–Trinajstić information content (AvgIpc) is 3.12. The zero-order valence-electron chi connectivity index (χ0n) is 18.3. The minimum Gasteiger partial charge on any atom is -0.494 e. The summed E-state index contributed by atoms with van der Waals surface area (Å²) in [7, 11) is 0. The van der Waals surface area contributed by atoms with E-state index in [4.69, 9.17) is 9.15 Å². The third kappa shape index (κ3) is 3.64. The van der Waals surface area contributed by atoms with Gasteiger partial charge in [-0.2, -0.15) is 0 Å². The molecule has 0 N–H and O–H groups in total. The Morgan fingerprint density at radius 1 is 1.00 bits per heavy atom. The number of aryl methyl sites for hydroxylation is 1. The van der Waals surface area contributed by atoms with Gasteiger partial charge in [-0.15, -0.1) is 0 Å². The molecule has 0 spiro atoms. The predicted octanol–water partition coefficient (Wildman–Crippen LogP) is 6.27. The van der Waals surface area contributed by atoms with Gasteiger partial charge >= 0.3 is 0 Å². The fourth-order valence-corrected chi connectivity index (χ4v) is 4.72. The van der Waals surface area contributed by atoms with E-state index in [0.29, 0.717) is 34.6 Å². The first kappa shape index (κ1) is 21.5. The van der Waals surface area contributed by atoms with Gasteiger partial charge in [0.05, 0.1) is 23.6 Å². The number of ether oxygens (including phenoxy) is 1. The summed E-state index contributed by atoms with van der Waals surface area (Å²) in [6.07, 6.45) is 0.897. The summed E-state index contributed by atoms with van der Waals surface area (Å²) >= 11 is 3.43. The second-order valence-electron chi connectivity index (χ2n) is 7.92. The predicted molar refractivity (Wildman–Crippen MR) is 132 cm³/mol. The number of carbonyl (C=O) groups is 1. The zero-order chi connectivity index (χ0) is 23.1. The summed E-state index contributed by atoms with van der Waals surface area (Å²) in [5.41, 5.74) is 3.19. The van der Waals surface area contributed by atoms with Gasteiger partial charge in [0.2, 0.25) is 5.76 Å². The minimum atomic E-state index is -0.625. The molecule has 1 aliphatic rings. The number of fused-ring (bicyclic) bond motifs is 2. The molecule has 5 nitrogen and oxygen atoms in total. The van der Waals surface area contributed by atoms with Crippen LogP contribution in [0.3, 0.4) is 0 Å². The molecule has 166 valence electrons. The Labute approximate surface area is 199 Å². The number of anilines is 1. The van der Waals surface area contributed by atoms with Crippen molar-refractivity contribution in [1.29, 1.82) is 0 Å². The van der Waals surface area contributed by atoms with Crippen LogP contribution < -0.4 is 15.1 Å². The van der Waals surface area contributed by atoms with Crippen LogP contribution in [0.2, 0.25) is 0 Å². The Morgan fingerprint density at radius 2 is 1.79 bits per heavy atom. The highest BCUT2D eigenvalue weighted by molar-refractivity contribution is 9.10. The van der Waals surface area contributed by atoms with E-state index in [2.05, 4.69) is 22.9 Å². The van der Waals surface area contributed by atoms with Crippen molar-refractivity contribution in [2.45, 2.75) is 26.3 Å². The van der Waals surface area contributed by atoms with Crippen LogP contribution in [-0.2, 0) is 6.42 Å². The van der Waals surface area contributed by atoms with E-state index >= 15 is 0 Å². The van der Waals surface area contributed by atoms with Crippen LogP contribution in [0.25, 0.3) is 11.0 Å². The van der Waals surface area contributed by atoms with E-state index in [1.54, 1.807) is 23.1 Å². The van der Waals surface area contributed by atoms with E-state index in [1.165, 1.54) is 5.56 Å². The molecule has 0 aliphatic carbocycles. The topological polar surface area (TPSA) is 59.8 Å². The monoisotopic (exact) mass is 503 g/mol. The molecule has 3 aromatic carbocycles. The molecule has 0 fully saturated rings. The van der Waals surface area contributed by atoms with E-state index < -0.39 is 6.04 Å². The number of rotatable bonds is 5. The van der Waals surface area contributed by atoms with E-state index in [-0.39, 0.29) is 17.1 Å². The Bertz CT molecular complexity index is 1420. The number of amides is 1. The number of carbonyl (C=O) groups excluding carboxylic acids is 1.